The molecule has 2 aromatic rings. The molecule has 3 N–H and O–H groups in total. The Balaban J connectivity index is 2.49. The second-order valence-electron chi connectivity index (χ2n) is 7.99. The lowest BCUT2D eigenvalue weighted by molar-refractivity contribution is -0.676. The first-order valence-corrected chi connectivity index (χ1v) is 10.7. The zero-order valence-electron chi connectivity index (χ0n) is 18.5. The van der Waals surface area contributed by atoms with Gasteiger partial charge in [0.05, 0.1) is 37.0 Å². The number of carbonyl (C=O) groups is 1. The lowest BCUT2D eigenvalue weighted by atomic mass is 10.2. The van der Waals surface area contributed by atoms with Crippen molar-refractivity contribution < 1.29 is 24.3 Å². The van der Waals surface area contributed by atoms with Crippen molar-refractivity contribution in [2.45, 2.75) is 59.9 Å². The molecular formula is C21H34ClN4O4+. The van der Waals surface area contributed by atoms with Gasteiger partial charge in [0.2, 0.25) is 0 Å². The topological polar surface area (TPSA) is 90.8 Å². The SMILES string of the molecule is CCn1c(CNC(=O)OC(C)(C)C)[n+](CC)c2cc(N(CCO)CCO)c(Cl)cc21. The van der Waals surface area contributed by atoms with Gasteiger partial charge in [-0.2, -0.15) is 0 Å². The average Bonchev–Trinajstić information content (AvgIpc) is 2.95. The molecule has 1 amide bonds. The van der Waals surface area contributed by atoms with Crippen molar-refractivity contribution in [3.05, 3.63) is 23.0 Å². The van der Waals surface area contributed by atoms with Gasteiger partial charge in [0.1, 0.15) is 12.1 Å². The highest BCUT2D eigenvalue weighted by Crippen LogP contribution is 2.31. The summed E-state index contributed by atoms with van der Waals surface area (Å²) in [5.41, 5.74) is 2.13. The van der Waals surface area contributed by atoms with Crippen molar-refractivity contribution in [1.29, 1.82) is 0 Å². The van der Waals surface area contributed by atoms with Crippen molar-refractivity contribution in [3.63, 3.8) is 0 Å². The molecule has 9 heteroatoms. The second-order valence-corrected chi connectivity index (χ2v) is 8.39. The van der Waals surface area contributed by atoms with E-state index in [9.17, 15) is 15.0 Å². The zero-order valence-corrected chi connectivity index (χ0v) is 19.3. The monoisotopic (exact) mass is 441 g/mol. The van der Waals surface area contributed by atoms with Gasteiger partial charge < -0.3 is 25.2 Å². The van der Waals surface area contributed by atoms with E-state index in [1.807, 2.05) is 51.7 Å². The molecule has 8 nitrogen and oxygen atoms in total. The third kappa shape index (κ3) is 5.56. The number of fused-ring (bicyclic) bond motifs is 1. The van der Waals surface area contributed by atoms with Gasteiger partial charge in [-0.1, -0.05) is 11.6 Å². The molecule has 0 aliphatic carbocycles. The van der Waals surface area contributed by atoms with E-state index in [1.165, 1.54) is 0 Å². The summed E-state index contributed by atoms with van der Waals surface area (Å²) in [5, 5.41) is 22.2. The number of nitrogens with zero attached hydrogens (tertiary/aromatic N) is 3. The van der Waals surface area contributed by atoms with Crippen LogP contribution < -0.4 is 14.8 Å². The molecule has 0 radical (unpaired) electrons. The Kier molecular flexibility index (Phi) is 8.34. The molecule has 0 aliphatic heterocycles. The number of hydrogen-bond acceptors (Lipinski definition) is 5. The number of halogens is 1. The number of nitrogens with one attached hydrogen (secondary N) is 1. The van der Waals surface area contributed by atoms with Gasteiger partial charge in [-0.3, -0.25) is 0 Å². The van der Waals surface area contributed by atoms with E-state index in [0.717, 1.165) is 22.5 Å². The fraction of sp³-hybridized carbons (Fsp3) is 0.619. The fourth-order valence-corrected chi connectivity index (χ4v) is 3.87. The van der Waals surface area contributed by atoms with Gasteiger partial charge in [-0.25, -0.2) is 13.9 Å². The summed E-state index contributed by atoms with van der Waals surface area (Å²) in [4.78, 5) is 14.0. The minimum Gasteiger partial charge on any atom is -0.444 e. The van der Waals surface area contributed by atoms with Gasteiger partial charge in [0.15, 0.2) is 11.0 Å². The van der Waals surface area contributed by atoms with E-state index in [1.54, 1.807) is 0 Å². The molecule has 0 saturated carbocycles. The number of carbonyl (C=O) groups excluding carboxylic acids is 1. The summed E-state index contributed by atoms with van der Waals surface area (Å²) in [6.07, 6.45) is -0.464. The van der Waals surface area contributed by atoms with Crippen LogP contribution in [-0.2, 0) is 24.4 Å². The van der Waals surface area contributed by atoms with Crippen LogP contribution in [0.3, 0.4) is 0 Å². The van der Waals surface area contributed by atoms with Crippen LogP contribution >= 0.6 is 11.6 Å². The number of rotatable bonds is 9. The predicted octanol–water partition coefficient (Wildman–Crippen LogP) is 2.44. The molecule has 0 saturated heterocycles. The van der Waals surface area contributed by atoms with E-state index >= 15 is 0 Å². The maximum absolute atomic E-state index is 12.2. The summed E-state index contributed by atoms with van der Waals surface area (Å²) in [6.45, 7) is 12.0. The van der Waals surface area contributed by atoms with Gasteiger partial charge in [-0.15, -0.1) is 0 Å². The summed E-state index contributed by atoms with van der Waals surface area (Å²) >= 11 is 6.59. The average molecular weight is 442 g/mol. The van der Waals surface area contributed by atoms with Crippen molar-refractivity contribution in [1.82, 2.24) is 9.88 Å². The maximum Gasteiger partial charge on any atom is 0.408 e. The molecule has 0 bridgehead atoms. The first kappa shape index (κ1) is 24.2. The molecule has 0 fully saturated rings. The van der Waals surface area contributed by atoms with E-state index in [0.29, 0.717) is 37.7 Å². The molecule has 2 rings (SSSR count). The molecule has 168 valence electrons. The number of aryl methyl sites for hydroxylation is 2. The van der Waals surface area contributed by atoms with Crippen LogP contribution in [0.5, 0.6) is 0 Å². The van der Waals surface area contributed by atoms with E-state index < -0.39 is 11.7 Å². The number of anilines is 1. The van der Waals surface area contributed by atoms with Gasteiger partial charge in [0.25, 0.3) is 5.82 Å². The Morgan fingerprint density at radius 2 is 1.87 bits per heavy atom. The first-order chi connectivity index (χ1) is 14.2. The molecule has 1 heterocycles. The third-order valence-electron chi connectivity index (χ3n) is 4.75. The Morgan fingerprint density at radius 3 is 2.37 bits per heavy atom. The molecule has 30 heavy (non-hydrogen) atoms. The Labute approximate surface area is 183 Å². The largest absolute Gasteiger partial charge is 0.444 e. The maximum atomic E-state index is 12.2. The van der Waals surface area contributed by atoms with Crippen LogP contribution in [0, 0.1) is 0 Å². The van der Waals surface area contributed by atoms with Gasteiger partial charge in [-0.05, 0) is 34.6 Å². The van der Waals surface area contributed by atoms with Crippen LogP contribution in [-0.4, -0.2) is 52.8 Å². The fourth-order valence-electron chi connectivity index (χ4n) is 3.59. The van der Waals surface area contributed by atoms with E-state index in [-0.39, 0.29) is 13.2 Å². The predicted molar refractivity (Wildman–Crippen MR) is 118 cm³/mol. The number of benzene rings is 1. The normalized spacial score (nSPS) is 11.7. The minimum absolute atomic E-state index is 0.0385. The van der Waals surface area contributed by atoms with Crippen LogP contribution in [0.2, 0.25) is 5.02 Å². The lowest BCUT2D eigenvalue weighted by Crippen LogP contribution is -2.41. The van der Waals surface area contributed by atoms with Gasteiger partial charge in [0, 0.05) is 25.2 Å². The molecule has 0 unspecified atom stereocenters. The lowest BCUT2D eigenvalue weighted by Gasteiger charge is -2.23. The standard InChI is InChI=1S/C21H33ClN4O4/c1-6-25-17-12-15(22)16(24(8-10-27)9-11-28)13-18(17)26(7-2)19(25)14-23-20(29)30-21(3,4)5/h12-13,27-28H,6-11,14H2,1-5H3/p+1. The number of aliphatic hydroxyl groups excluding tert-OH is 2. The van der Waals surface area contributed by atoms with Gasteiger partial charge >= 0.3 is 6.09 Å². The highest BCUT2D eigenvalue weighted by molar-refractivity contribution is 6.34. The van der Waals surface area contributed by atoms with E-state index in [4.69, 9.17) is 16.3 Å². The smallest absolute Gasteiger partial charge is 0.408 e. The number of alkyl carbamates (subject to hydrolysis) is 1. The second kappa shape index (κ2) is 10.3. The Bertz CT molecular complexity index is 870. The Hall–Kier alpha value is -2.03. The molecule has 0 spiro atoms. The van der Waals surface area contributed by atoms with Crippen molar-refractivity contribution in [2.75, 3.05) is 31.2 Å². The van der Waals surface area contributed by atoms with Crippen LogP contribution in [0.15, 0.2) is 12.1 Å². The quantitative estimate of drug-likeness (QED) is 0.520. The van der Waals surface area contributed by atoms with Crippen LogP contribution in [0.25, 0.3) is 11.0 Å². The number of amides is 1. The number of ether oxygens (including phenoxy) is 1. The molecule has 1 aromatic heterocycles. The van der Waals surface area contributed by atoms with Crippen LogP contribution in [0.1, 0.15) is 40.4 Å². The summed E-state index contributed by atoms with van der Waals surface area (Å²) in [7, 11) is 0. The molecule has 0 aliphatic rings. The summed E-state index contributed by atoms with van der Waals surface area (Å²) in [6, 6.07) is 3.89. The van der Waals surface area contributed by atoms with Crippen LogP contribution in [0.4, 0.5) is 10.5 Å². The molecular weight excluding hydrogens is 408 g/mol. The van der Waals surface area contributed by atoms with E-state index in [2.05, 4.69) is 14.5 Å². The third-order valence-corrected chi connectivity index (χ3v) is 5.05. The minimum atomic E-state index is -0.562. The van der Waals surface area contributed by atoms with Crippen molar-refractivity contribution in [3.8, 4) is 0 Å². The summed E-state index contributed by atoms with van der Waals surface area (Å²) in [5.74, 6) is 0.935. The first-order valence-electron chi connectivity index (χ1n) is 10.3. The molecule has 0 atom stereocenters. The van der Waals surface area contributed by atoms with Crippen molar-refractivity contribution in [2.24, 2.45) is 0 Å². The summed E-state index contributed by atoms with van der Waals surface area (Å²) < 4.78 is 9.61. The number of aromatic nitrogens is 2. The number of hydrogen-bond donors (Lipinski definition) is 3. The highest BCUT2D eigenvalue weighted by atomic mass is 35.5. The highest BCUT2D eigenvalue weighted by Gasteiger charge is 2.27. The Morgan fingerprint density at radius 1 is 1.23 bits per heavy atom. The number of imidazole rings is 1. The van der Waals surface area contributed by atoms with Crippen molar-refractivity contribution >= 4 is 34.4 Å². The zero-order chi connectivity index (χ0) is 22.5. The number of aliphatic hydroxyl groups is 2. The molecule has 1 aromatic carbocycles.